The van der Waals surface area contributed by atoms with Gasteiger partial charge in [0.15, 0.2) is 0 Å². The van der Waals surface area contributed by atoms with E-state index in [0.717, 1.165) is 23.4 Å². The molecule has 0 fully saturated rings. The Kier molecular flexibility index (Phi) is 5.39. The highest BCUT2D eigenvalue weighted by molar-refractivity contribution is 7.18. The molecule has 136 valence electrons. The van der Waals surface area contributed by atoms with Crippen LogP contribution >= 0.6 is 11.3 Å². The van der Waals surface area contributed by atoms with Crippen LogP contribution < -0.4 is 5.32 Å². The topological polar surface area (TPSA) is 75.1 Å². The molecule has 2 N–H and O–H groups in total. The summed E-state index contributed by atoms with van der Waals surface area (Å²) in [4.78, 5) is 23.9. The highest BCUT2D eigenvalue weighted by Gasteiger charge is 2.19. The molecular weight excluding hydrogens is 334 g/mol. The van der Waals surface area contributed by atoms with Gasteiger partial charge >= 0.3 is 0 Å². The molecule has 2 aromatic rings. The number of carbonyl (C=O) groups excluding carboxylic acids is 1. The quantitative estimate of drug-likeness (QED) is 0.803. The molecule has 0 spiro atoms. The standard InChI is InChI=1S/C19H27N3O2S/c1-12-17-13-7-5-4-6-8-14(13)25-18(17)22-15(21-12)11-16(23)20-10-9-19(2,3)24/h24H,4-11H2,1-3H3,(H,20,23). The summed E-state index contributed by atoms with van der Waals surface area (Å²) in [5.41, 5.74) is 1.66. The third-order valence-corrected chi connectivity index (χ3v) is 5.86. The van der Waals surface area contributed by atoms with Crippen molar-refractivity contribution in [3.63, 3.8) is 0 Å². The van der Waals surface area contributed by atoms with Gasteiger partial charge in [-0.15, -0.1) is 11.3 Å². The van der Waals surface area contributed by atoms with Crippen LogP contribution in [0.15, 0.2) is 0 Å². The minimum Gasteiger partial charge on any atom is -0.390 e. The second kappa shape index (κ2) is 7.38. The molecule has 3 rings (SSSR count). The average Bonchev–Trinajstić information content (AvgIpc) is 2.68. The molecule has 25 heavy (non-hydrogen) atoms. The molecule has 6 heteroatoms. The summed E-state index contributed by atoms with van der Waals surface area (Å²) in [5.74, 6) is 0.489. The van der Waals surface area contributed by atoms with E-state index >= 15 is 0 Å². The van der Waals surface area contributed by atoms with Crippen LogP contribution in [0.3, 0.4) is 0 Å². The summed E-state index contributed by atoms with van der Waals surface area (Å²) in [5, 5.41) is 13.8. The van der Waals surface area contributed by atoms with E-state index in [0.29, 0.717) is 18.8 Å². The van der Waals surface area contributed by atoms with Crippen LogP contribution in [-0.2, 0) is 24.1 Å². The van der Waals surface area contributed by atoms with Gasteiger partial charge in [0, 0.05) is 16.8 Å². The molecule has 0 saturated heterocycles. The smallest absolute Gasteiger partial charge is 0.227 e. The zero-order chi connectivity index (χ0) is 18.0. The van der Waals surface area contributed by atoms with Crippen molar-refractivity contribution in [2.75, 3.05) is 6.54 Å². The molecule has 1 aliphatic carbocycles. The molecule has 0 aromatic carbocycles. The van der Waals surface area contributed by atoms with Crippen molar-refractivity contribution in [3.05, 3.63) is 22.0 Å². The van der Waals surface area contributed by atoms with Crippen LogP contribution in [0.4, 0.5) is 0 Å². The van der Waals surface area contributed by atoms with Gasteiger partial charge in [-0.2, -0.15) is 0 Å². The summed E-state index contributed by atoms with van der Waals surface area (Å²) in [6.07, 6.45) is 6.76. The number of hydrogen-bond acceptors (Lipinski definition) is 5. The fourth-order valence-corrected chi connectivity index (χ4v) is 4.70. The van der Waals surface area contributed by atoms with Crippen LogP contribution in [-0.4, -0.2) is 33.1 Å². The molecule has 0 atom stereocenters. The molecule has 0 bridgehead atoms. The van der Waals surface area contributed by atoms with Gasteiger partial charge in [-0.05, 0) is 58.4 Å². The lowest BCUT2D eigenvalue weighted by molar-refractivity contribution is -0.120. The molecule has 1 amide bonds. The Balaban J connectivity index is 1.74. The zero-order valence-electron chi connectivity index (χ0n) is 15.3. The number of nitrogens with zero attached hydrogens (tertiary/aromatic N) is 2. The van der Waals surface area contributed by atoms with Crippen LogP contribution in [0.2, 0.25) is 0 Å². The van der Waals surface area contributed by atoms with Crippen molar-refractivity contribution in [2.24, 2.45) is 0 Å². The number of carbonyl (C=O) groups is 1. The Morgan fingerprint density at radius 1 is 1.24 bits per heavy atom. The summed E-state index contributed by atoms with van der Waals surface area (Å²) < 4.78 is 0. The van der Waals surface area contributed by atoms with Crippen LogP contribution in [0.25, 0.3) is 10.2 Å². The second-order valence-electron chi connectivity index (χ2n) is 7.56. The highest BCUT2D eigenvalue weighted by Crippen LogP contribution is 2.35. The van der Waals surface area contributed by atoms with E-state index in [9.17, 15) is 9.90 Å². The first kappa shape index (κ1) is 18.3. The highest BCUT2D eigenvalue weighted by atomic mass is 32.1. The van der Waals surface area contributed by atoms with Gasteiger partial charge in [-0.3, -0.25) is 4.79 Å². The first-order valence-corrected chi connectivity index (χ1v) is 9.92. The van der Waals surface area contributed by atoms with Gasteiger partial charge in [0.25, 0.3) is 0 Å². The van der Waals surface area contributed by atoms with E-state index in [1.165, 1.54) is 35.1 Å². The normalized spacial score (nSPS) is 15.0. The molecule has 0 radical (unpaired) electrons. The Morgan fingerprint density at radius 3 is 2.76 bits per heavy atom. The van der Waals surface area contributed by atoms with E-state index in [2.05, 4.69) is 15.3 Å². The predicted molar refractivity (Wildman–Crippen MR) is 101 cm³/mol. The summed E-state index contributed by atoms with van der Waals surface area (Å²) in [6.45, 7) is 5.95. The van der Waals surface area contributed by atoms with E-state index in [-0.39, 0.29) is 12.3 Å². The van der Waals surface area contributed by atoms with Crippen molar-refractivity contribution in [2.45, 2.75) is 71.3 Å². The molecule has 2 heterocycles. The number of aromatic nitrogens is 2. The lowest BCUT2D eigenvalue weighted by Gasteiger charge is -2.16. The number of fused-ring (bicyclic) bond motifs is 3. The van der Waals surface area contributed by atoms with Crippen molar-refractivity contribution in [1.29, 1.82) is 0 Å². The molecule has 5 nitrogen and oxygen atoms in total. The number of amides is 1. The van der Waals surface area contributed by atoms with Gasteiger partial charge in [-0.25, -0.2) is 9.97 Å². The monoisotopic (exact) mass is 361 g/mol. The third kappa shape index (κ3) is 4.55. The number of hydrogen-bond donors (Lipinski definition) is 2. The SMILES string of the molecule is Cc1nc(CC(=O)NCCC(C)(C)O)nc2sc3c(c12)CCCCC3. The predicted octanol–water partition coefficient (Wildman–Crippen LogP) is 3.09. The second-order valence-corrected chi connectivity index (χ2v) is 8.64. The summed E-state index contributed by atoms with van der Waals surface area (Å²) >= 11 is 1.77. The maximum absolute atomic E-state index is 12.1. The zero-order valence-corrected chi connectivity index (χ0v) is 16.1. The van der Waals surface area contributed by atoms with Crippen LogP contribution in [0.5, 0.6) is 0 Å². The molecule has 1 aliphatic rings. The van der Waals surface area contributed by atoms with Gasteiger partial charge in [-0.1, -0.05) is 6.42 Å². The average molecular weight is 362 g/mol. The van der Waals surface area contributed by atoms with E-state index in [1.807, 2.05) is 6.92 Å². The first-order chi connectivity index (χ1) is 11.8. The molecular formula is C19H27N3O2S. The fraction of sp³-hybridized carbons (Fsp3) is 0.632. The number of aliphatic hydroxyl groups is 1. The Morgan fingerprint density at radius 2 is 2.00 bits per heavy atom. The van der Waals surface area contributed by atoms with Gasteiger partial charge in [0.2, 0.25) is 5.91 Å². The Hall–Kier alpha value is -1.53. The maximum atomic E-state index is 12.1. The Labute approximate surface area is 152 Å². The number of rotatable bonds is 5. The number of thiophene rings is 1. The van der Waals surface area contributed by atoms with E-state index < -0.39 is 5.60 Å². The van der Waals surface area contributed by atoms with Gasteiger partial charge in [0.05, 0.1) is 17.7 Å². The van der Waals surface area contributed by atoms with Crippen molar-refractivity contribution in [1.82, 2.24) is 15.3 Å². The summed E-state index contributed by atoms with van der Waals surface area (Å²) in [7, 11) is 0. The first-order valence-electron chi connectivity index (χ1n) is 9.10. The number of aryl methyl sites for hydroxylation is 3. The van der Waals surface area contributed by atoms with E-state index in [4.69, 9.17) is 0 Å². The van der Waals surface area contributed by atoms with E-state index in [1.54, 1.807) is 25.2 Å². The Bertz CT molecular complexity index is 777. The minimum absolute atomic E-state index is 0.0962. The molecule has 0 unspecified atom stereocenters. The lowest BCUT2D eigenvalue weighted by atomic mass is 10.1. The molecule has 2 aromatic heterocycles. The third-order valence-electron chi connectivity index (χ3n) is 4.67. The largest absolute Gasteiger partial charge is 0.390 e. The van der Waals surface area contributed by atoms with Crippen LogP contribution in [0, 0.1) is 6.92 Å². The van der Waals surface area contributed by atoms with Crippen LogP contribution in [0.1, 0.15) is 61.5 Å². The number of nitrogens with one attached hydrogen (secondary N) is 1. The maximum Gasteiger partial charge on any atom is 0.227 e. The van der Waals surface area contributed by atoms with Crippen molar-refractivity contribution >= 4 is 27.5 Å². The van der Waals surface area contributed by atoms with Crippen molar-refractivity contribution < 1.29 is 9.90 Å². The van der Waals surface area contributed by atoms with Crippen molar-refractivity contribution in [3.8, 4) is 0 Å². The van der Waals surface area contributed by atoms with Gasteiger partial charge < -0.3 is 10.4 Å². The fourth-order valence-electron chi connectivity index (χ4n) is 3.36. The summed E-state index contributed by atoms with van der Waals surface area (Å²) in [6, 6.07) is 0. The van der Waals surface area contributed by atoms with Gasteiger partial charge in [0.1, 0.15) is 10.7 Å². The lowest BCUT2D eigenvalue weighted by Crippen LogP contribution is -2.32. The minimum atomic E-state index is -0.770. The molecule has 0 aliphatic heterocycles. The molecule has 0 saturated carbocycles.